The van der Waals surface area contributed by atoms with Crippen LogP contribution in [0.2, 0.25) is 0 Å². The fraction of sp³-hybridized carbons (Fsp3) is 0.0444. The van der Waals surface area contributed by atoms with Crippen LogP contribution in [0.1, 0.15) is 24.0 Å². The monoisotopic (exact) mass is 675 g/mol. The number of hydrogen-bond donors (Lipinski definition) is 0. The van der Waals surface area contributed by atoms with E-state index in [4.69, 9.17) is 15.0 Å². The maximum atomic E-state index is 5.32. The highest BCUT2D eigenvalue weighted by molar-refractivity contribution is 7.26. The van der Waals surface area contributed by atoms with Gasteiger partial charge in [0.05, 0.1) is 0 Å². The molecule has 3 heterocycles. The molecule has 0 saturated heterocycles. The summed E-state index contributed by atoms with van der Waals surface area (Å²) >= 11 is 3.62. The zero-order valence-corrected chi connectivity index (χ0v) is 28.6. The molecular formula is C45H29N3S2. The van der Waals surface area contributed by atoms with Crippen LogP contribution in [0.15, 0.2) is 152 Å². The van der Waals surface area contributed by atoms with E-state index in [0.717, 1.165) is 29.5 Å². The number of nitrogens with zero attached hydrogens (tertiary/aromatic N) is 3. The van der Waals surface area contributed by atoms with Crippen molar-refractivity contribution in [3.8, 4) is 34.2 Å². The average Bonchev–Trinajstić information content (AvgIpc) is 3.77. The minimum atomic E-state index is 0.689. The van der Waals surface area contributed by atoms with Crippen molar-refractivity contribution in [3.63, 3.8) is 0 Å². The van der Waals surface area contributed by atoms with Gasteiger partial charge in [-0.25, -0.2) is 15.0 Å². The maximum Gasteiger partial charge on any atom is 0.165 e. The van der Waals surface area contributed by atoms with Crippen molar-refractivity contribution in [1.82, 2.24) is 15.0 Å². The van der Waals surface area contributed by atoms with E-state index in [1.165, 1.54) is 62.6 Å². The van der Waals surface area contributed by atoms with E-state index in [-0.39, 0.29) is 0 Å². The second-order valence-corrected chi connectivity index (χ2v) is 14.8. The standard InChI is InChI=1S/C45H29N3S2/c1-2-12-28(13-3-1)29-24-26-30(27-25-29)31-14-4-5-16-34(31)43-46-44(36-19-11-23-40-41(36)35-17-7-9-22-39(35)49-40)48-45(47-43)37-20-10-18-33-32-15-6-8-21-38(32)50-42(33)37/h1-24,26H,25,27H2. The van der Waals surface area contributed by atoms with Crippen molar-refractivity contribution < 1.29 is 0 Å². The Kier molecular flexibility index (Phi) is 7.00. The highest BCUT2D eigenvalue weighted by Crippen LogP contribution is 2.43. The molecule has 0 saturated carbocycles. The van der Waals surface area contributed by atoms with Crippen molar-refractivity contribution in [2.24, 2.45) is 0 Å². The van der Waals surface area contributed by atoms with Gasteiger partial charge in [-0.05, 0) is 59.4 Å². The largest absolute Gasteiger partial charge is 0.208 e. The smallest absolute Gasteiger partial charge is 0.165 e. The van der Waals surface area contributed by atoms with Gasteiger partial charge in [-0.1, -0.05) is 127 Å². The first-order valence-corrected chi connectivity index (χ1v) is 18.5. The molecule has 50 heavy (non-hydrogen) atoms. The average molecular weight is 676 g/mol. The van der Waals surface area contributed by atoms with Gasteiger partial charge in [-0.3, -0.25) is 0 Å². The van der Waals surface area contributed by atoms with Crippen molar-refractivity contribution in [2.75, 3.05) is 0 Å². The molecule has 6 aromatic carbocycles. The molecule has 1 aliphatic carbocycles. The zero-order chi connectivity index (χ0) is 33.0. The summed E-state index contributed by atoms with van der Waals surface area (Å²) in [6.45, 7) is 0. The third-order valence-electron chi connectivity index (χ3n) is 9.73. The van der Waals surface area contributed by atoms with Gasteiger partial charge in [0.2, 0.25) is 0 Å². The van der Waals surface area contributed by atoms with Crippen LogP contribution in [0.3, 0.4) is 0 Å². The topological polar surface area (TPSA) is 38.7 Å². The van der Waals surface area contributed by atoms with Crippen molar-refractivity contribution >= 4 is 74.2 Å². The van der Waals surface area contributed by atoms with Crippen LogP contribution < -0.4 is 0 Å². The van der Waals surface area contributed by atoms with Crippen LogP contribution >= 0.6 is 22.7 Å². The van der Waals surface area contributed by atoms with E-state index in [1.54, 1.807) is 11.3 Å². The third-order valence-corrected chi connectivity index (χ3v) is 12.1. The Labute approximate surface area is 297 Å². The van der Waals surface area contributed by atoms with E-state index in [9.17, 15) is 0 Å². The van der Waals surface area contributed by atoms with Crippen LogP contribution in [-0.4, -0.2) is 15.0 Å². The first-order chi connectivity index (χ1) is 24.8. The molecule has 3 aromatic heterocycles. The Balaban J connectivity index is 1.20. The summed E-state index contributed by atoms with van der Waals surface area (Å²) in [5.41, 5.74) is 8.18. The fourth-order valence-corrected chi connectivity index (χ4v) is 9.68. The molecular weight excluding hydrogens is 647 g/mol. The Morgan fingerprint density at radius 3 is 1.72 bits per heavy atom. The van der Waals surface area contributed by atoms with Crippen LogP contribution in [0, 0.1) is 0 Å². The predicted molar refractivity (Wildman–Crippen MR) is 214 cm³/mol. The fourth-order valence-electron chi connectivity index (χ4n) is 7.33. The SMILES string of the molecule is C1=C(c2ccccc2)CCC(c2ccccc2-c2nc(-c3cccc4c3sc3ccccc34)nc(-c3cccc4sc5ccccc5c34)n2)=C1. The normalized spacial score (nSPS) is 13.3. The summed E-state index contributed by atoms with van der Waals surface area (Å²) in [5.74, 6) is 2.07. The summed E-state index contributed by atoms with van der Waals surface area (Å²) in [7, 11) is 0. The molecule has 0 unspecified atom stereocenters. The third kappa shape index (κ3) is 4.89. The van der Waals surface area contributed by atoms with Gasteiger partial charge in [-0.2, -0.15) is 0 Å². The lowest BCUT2D eigenvalue weighted by Crippen LogP contribution is -2.03. The van der Waals surface area contributed by atoms with Gasteiger partial charge in [0.1, 0.15) is 0 Å². The second-order valence-electron chi connectivity index (χ2n) is 12.7. The minimum absolute atomic E-state index is 0.689. The Morgan fingerprint density at radius 1 is 0.380 bits per heavy atom. The van der Waals surface area contributed by atoms with E-state index in [1.807, 2.05) is 11.3 Å². The second kappa shape index (κ2) is 12.0. The lowest BCUT2D eigenvalue weighted by atomic mass is 9.88. The molecule has 0 fully saturated rings. The molecule has 9 aromatic rings. The Hall–Kier alpha value is -5.75. The van der Waals surface area contributed by atoms with E-state index < -0.39 is 0 Å². The van der Waals surface area contributed by atoms with Gasteiger partial charge in [-0.15, -0.1) is 22.7 Å². The number of fused-ring (bicyclic) bond motifs is 6. The van der Waals surface area contributed by atoms with Gasteiger partial charge >= 0.3 is 0 Å². The molecule has 0 spiro atoms. The lowest BCUT2D eigenvalue weighted by Gasteiger charge is -2.18. The zero-order valence-electron chi connectivity index (χ0n) is 27.0. The number of benzene rings is 6. The molecule has 0 aliphatic heterocycles. The Bertz CT molecular complexity index is 2820. The molecule has 0 bridgehead atoms. The molecule has 0 amide bonds. The lowest BCUT2D eigenvalue weighted by molar-refractivity contribution is 1.06. The van der Waals surface area contributed by atoms with Crippen molar-refractivity contribution in [2.45, 2.75) is 12.8 Å². The summed E-state index contributed by atoms with van der Waals surface area (Å²) in [4.78, 5) is 15.9. The van der Waals surface area contributed by atoms with Gasteiger partial charge in [0.25, 0.3) is 0 Å². The first-order valence-electron chi connectivity index (χ1n) is 16.9. The van der Waals surface area contributed by atoms with Crippen LogP contribution in [0.5, 0.6) is 0 Å². The molecule has 3 nitrogen and oxygen atoms in total. The quantitative estimate of drug-likeness (QED) is 0.182. The highest BCUT2D eigenvalue weighted by atomic mass is 32.1. The highest BCUT2D eigenvalue weighted by Gasteiger charge is 2.21. The number of hydrogen-bond acceptors (Lipinski definition) is 5. The van der Waals surface area contributed by atoms with Crippen LogP contribution in [0.4, 0.5) is 0 Å². The number of aromatic nitrogens is 3. The predicted octanol–water partition coefficient (Wildman–Crippen LogP) is 12.9. The molecule has 0 atom stereocenters. The molecule has 1 aliphatic rings. The molecule has 10 rings (SSSR count). The molecule has 0 radical (unpaired) electrons. The molecule has 5 heteroatoms. The van der Waals surface area contributed by atoms with E-state index >= 15 is 0 Å². The summed E-state index contributed by atoms with van der Waals surface area (Å²) in [6.07, 6.45) is 6.49. The van der Waals surface area contributed by atoms with Gasteiger partial charge in [0, 0.05) is 57.0 Å². The van der Waals surface area contributed by atoms with Gasteiger partial charge in [0.15, 0.2) is 17.5 Å². The summed E-state index contributed by atoms with van der Waals surface area (Å²) in [5, 5.41) is 4.91. The van der Waals surface area contributed by atoms with E-state index in [2.05, 4.69) is 152 Å². The number of thiophene rings is 2. The van der Waals surface area contributed by atoms with Crippen molar-refractivity contribution in [1.29, 1.82) is 0 Å². The van der Waals surface area contributed by atoms with Crippen LogP contribution in [-0.2, 0) is 0 Å². The maximum absolute atomic E-state index is 5.32. The Morgan fingerprint density at radius 2 is 0.920 bits per heavy atom. The number of rotatable bonds is 5. The minimum Gasteiger partial charge on any atom is -0.208 e. The van der Waals surface area contributed by atoms with E-state index in [0.29, 0.717) is 17.5 Å². The molecule has 0 N–H and O–H groups in total. The van der Waals surface area contributed by atoms with Crippen LogP contribution in [0.25, 0.3) is 85.7 Å². The van der Waals surface area contributed by atoms with Gasteiger partial charge < -0.3 is 0 Å². The summed E-state index contributed by atoms with van der Waals surface area (Å²) in [6, 6.07) is 49.5. The summed E-state index contributed by atoms with van der Waals surface area (Å²) < 4.78 is 4.94. The van der Waals surface area contributed by atoms with Crippen molar-refractivity contribution in [3.05, 3.63) is 163 Å². The first kappa shape index (κ1) is 29.2. The molecule has 236 valence electrons. The number of allylic oxidation sites excluding steroid dienone is 4.